The monoisotopic (exact) mass is 317 g/mol. The van der Waals surface area contributed by atoms with Crippen molar-refractivity contribution in [2.75, 3.05) is 6.26 Å². The summed E-state index contributed by atoms with van der Waals surface area (Å²) >= 11 is 5.87. The third kappa shape index (κ3) is 2.72. The second-order valence-electron chi connectivity index (χ2n) is 5.88. The van der Waals surface area contributed by atoms with Gasteiger partial charge < -0.3 is 9.31 Å². The molecule has 1 saturated heterocycles. The average Bonchev–Trinajstić information content (AvgIpc) is 2.46. The molecule has 0 N–H and O–H groups in total. The van der Waals surface area contributed by atoms with Gasteiger partial charge in [-0.25, -0.2) is 13.4 Å². The molecule has 110 valence electrons. The van der Waals surface area contributed by atoms with Gasteiger partial charge in [0.2, 0.25) is 0 Å². The minimum atomic E-state index is -3.44. The first kappa shape index (κ1) is 15.8. The summed E-state index contributed by atoms with van der Waals surface area (Å²) in [7, 11) is -4.30. The summed E-state index contributed by atoms with van der Waals surface area (Å²) in [5, 5.41) is 0.196. The van der Waals surface area contributed by atoms with Crippen molar-refractivity contribution in [1.29, 1.82) is 0 Å². The van der Waals surface area contributed by atoms with E-state index in [0.717, 1.165) is 6.26 Å². The third-order valence-electron chi connectivity index (χ3n) is 3.73. The number of sulfone groups is 1. The predicted molar refractivity (Wildman–Crippen MR) is 78.1 cm³/mol. The van der Waals surface area contributed by atoms with E-state index in [2.05, 4.69) is 4.98 Å². The largest absolute Gasteiger partial charge is 0.515 e. The van der Waals surface area contributed by atoms with Crippen LogP contribution in [-0.4, -0.2) is 38.0 Å². The zero-order chi connectivity index (χ0) is 15.3. The molecule has 1 fully saturated rings. The fourth-order valence-electron chi connectivity index (χ4n) is 1.87. The third-order valence-corrected chi connectivity index (χ3v) is 5.08. The second-order valence-corrected chi connectivity index (χ2v) is 8.25. The molecule has 0 unspecified atom stereocenters. The summed E-state index contributed by atoms with van der Waals surface area (Å²) in [5.74, 6) is 0. The molecule has 2 rings (SSSR count). The van der Waals surface area contributed by atoms with Crippen LogP contribution in [0.1, 0.15) is 27.7 Å². The van der Waals surface area contributed by atoms with E-state index in [1.807, 2.05) is 27.7 Å². The zero-order valence-electron chi connectivity index (χ0n) is 12.1. The van der Waals surface area contributed by atoms with Gasteiger partial charge in [0, 0.05) is 6.26 Å². The molecule has 20 heavy (non-hydrogen) atoms. The van der Waals surface area contributed by atoms with Gasteiger partial charge in [-0.3, -0.25) is 0 Å². The van der Waals surface area contributed by atoms with E-state index < -0.39 is 28.2 Å². The molecular formula is C12H17BClNO4S. The van der Waals surface area contributed by atoms with Gasteiger partial charge in [0.1, 0.15) is 5.15 Å². The molecule has 1 aliphatic rings. The van der Waals surface area contributed by atoms with Gasteiger partial charge in [-0.15, -0.1) is 0 Å². The fraction of sp³-hybridized carbons (Fsp3) is 0.583. The molecule has 8 heteroatoms. The quantitative estimate of drug-likeness (QED) is 0.610. The highest BCUT2D eigenvalue weighted by Gasteiger charge is 2.53. The average molecular weight is 318 g/mol. The summed E-state index contributed by atoms with van der Waals surface area (Å²) in [6.07, 6.45) is 1.12. The molecule has 0 bridgehead atoms. The Balaban J connectivity index is 2.53. The molecule has 0 aromatic carbocycles. The van der Waals surface area contributed by atoms with E-state index in [4.69, 9.17) is 20.9 Å². The van der Waals surface area contributed by atoms with Crippen molar-refractivity contribution in [3.05, 3.63) is 17.3 Å². The summed E-state index contributed by atoms with van der Waals surface area (Å²) in [4.78, 5) is 4.16. The Morgan fingerprint density at radius 3 is 2.10 bits per heavy atom. The molecule has 2 heterocycles. The summed E-state index contributed by atoms with van der Waals surface area (Å²) < 4.78 is 35.4. The van der Waals surface area contributed by atoms with Crippen LogP contribution < -0.4 is 5.59 Å². The SMILES string of the molecule is CC1(C)OB(c2nc(Cl)ccc2S(C)(=O)=O)OC1(C)C. The topological polar surface area (TPSA) is 65.5 Å². The van der Waals surface area contributed by atoms with Crippen molar-refractivity contribution >= 4 is 34.1 Å². The van der Waals surface area contributed by atoms with Gasteiger partial charge in [-0.1, -0.05) is 11.6 Å². The molecule has 0 saturated carbocycles. The molecule has 1 aromatic rings. The van der Waals surface area contributed by atoms with Crippen molar-refractivity contribution in [3.63, 3.8) is 0 Å². The molecule has 5 nitrogen and oxygen atoms in total. The smallest absolute Gasteiger partial charge is 0.398 e. The van der Waals surface area contributed by atoms with E-state index in [0.29, 0.717) is 0 Å². The van der Waals surface area contributed by atoms with Crippen LogP contribution in [0.4, 0.5) is 0 Å². The molecule has 1 aliphatic heterocycles. The standard InChI is InChI=1S/C12H17BClNO4S/c1-11(2)12(3,4)19-13(18-11)10-8(20(5,16)17)6-7-9(14)15-10/h6-7H,1-5H3. The molecule has 0 amide bonds. The van der Waals surface area contributed by atoms with Crippen LogP contribution >= 0.6 is 11.6 Å². The van der Waals surface area contributed by atoms with Crippen LogP contribution in [-0.2, 0) is 19.1 Å². The van der Waals surface area contributed by atoms with Crippen molar-refractivity contribution in [1.82, 2.24) is 4.98 Å². The summed E-state index contributed by atoms with van der Waals surface area (Å²) in [5.41, 5.74) is -0.953. The van der Waals surface area contributed by atoms with E-state index >= 15 is 0 Å². The maximum absolute atomic E-state index is 11.9. The predicted octanol–water partition coefficient (Wildman–Crippen LogP) is 1.44. The van der Waals surface area contributed by atoms with Crippen molar-refractivity contribution in [3.8, 4) is 0 Å². The molecular weight excluding hydrogens is 300 g/mol. The van der Waals surface area contributed by atoms with Gasteiger partial charge in [0.15, 0.2) is 9.84 Å². The van der Waals surface area contributed by atoms with E-state index in [1.54, 1.807) is 0 Å². The van der Waals surface area contributed by atoms with Crippen LogP contribution in [0.3, 0.4) is 0 Å². The first-order valence-corrected chi connectivity index (χ1v) is 8.43. The van der Waals surface area contributed by atoms with E-state index in [1.165, 1.54) is 12.1 Å². The Morgan fingerprint density at radius 1 is 1.15 bits per heavy atom. The van der Waals surface area contributed by atoms with Crippen LogP contribution in [0.2, 0.25) is 5.15 Å². The second kappa shape index (κ2) is 4.69. The van der Waals surface area contributed by atoms with E-state index in [-0.39, 0.29) is 15.6 Å². The maximum Gasteiger partial charge on any atom is 0.515 e. The molecule has 0 radical (unpaired) electrons. The first-order chi connectivity index (χ1) is 8.94. The lowest BCUT2D eigenvalue weighted by atomic mass is 9.84. The molecule has 0 atom stereocenters. The molecule has 1 aromatic heterocycles. The Morgan fingerprint density at radius 2 is 1.65 bits per heavy atom. The number of rotatable bonds is 2. The lowest BCUT2D eigenvalue weighted by Crippen LogP contribution is -2.41. The number of hydrogen-bond acceptors (Lipinski definition) is 5. The van der Waals surface area contributed by atoms with Crippen molar-refractivity contribution in [2.24, 2.45) is 0 Å². The van der Waals surface area contributed by atoms with Gasteiger partial charge in [0.25, 0.3) is 0 Å². The lowest BCUT2D eigenvalue weighted by molar-refractivity contribution is 0.00578. The number of nitrogens with zero attached hydrogens (tertiary/aromatic N) is 1. The summed E-state index contributed by atoms with van der Waals surface area (Å²) in [6.45, 7) is 7.55. The van der Waals surface area contributed by atoms with E-state index in [9.17, 15) is 8.42 Å². The highest BCUT2D eigenvalue weighted by Crippen LogP contribution is 2.36. The van der Waals surface area contributed by atoms with Gasteiger partial charge >= 0.3 is 7.12 Å². The Bertz CT molecular complexity index is 629. The van der Waals surface area contributed by atoms with Gasteiger partial charge in [0.05, 0.1) is 21.7 Å². The number of hydrogen-bond donors (Lipinski definition) is 0. The van der Waals surface area contributed by atoms with Crippen LogP contribution in [0, 0.1) is 0 Å². The summed E-state index contributed by atoms with van der Waals surface area (Å²) in [6, 6.07) is 2.86. The Kier molecular flexibility index (Phi) is 3.70. The number of aromatic nitrogens is 1. The fourth-order valence-corrected chi connectivity index (χ4v) is 2.87. The van der Waals surface area contributed by atoms with Crippen LogP contribution in [0.15, 0.2) is 17.0 Å². The van der Waals surface area contributed by atoms with Crippen LogP contribution in [0.5, 0.6) is 0 Å². The van der Waals surface area contributed by atoms with Gasteiger partial charge in [-0.05, 0) is 39.8 Å². The maximum atomic E-state index is 11.9. The first-order valence-electron chi connectivity index (χ1n) is 6.16. The molecule has 0 spiro atoms. The normalized spacial score (nSPS) is 21.2. The number of halogens is 1. The Labute approximate surface area is 124 Å². The van der Waals surface area contributed by atoms with Gasteiger partial charge in [-0.2, -0.15) is 0 Å². The van der Waals surface area contributed by atoms with Crippen molar-refractivity contribution < 1.29 is 17.7 Å². The minimum absolute atomic E-state index is 0.0698. The van der Waals surface area contributed by atoms with Crippen molar-refractivity contribution in [2.45, 2.75) is 43.8 Å². The number of pyridine rings is 1. The highest BCUT2D eigenvalue weighted by molar-refractivity contribution is 7.91. The highest BCUT2D eigenvalue weighted by atomic mass is 35.5. The lowest BCUT2D eigenvalue weighted by Gasteiger charge is -2.32. The zero-order valence-corrected chi connectivity index (χ0v) is 13.7. The van der Waals surface area contributed by atoms with Crippen LogP contribution in [0.25, 0.3) is 0 Å². The molecule has 0 aliphatic carbocycles. The minimum Gasteiger partial charge on any atom is -0.398 e. The Hall–Kier alpha value is -0.625.